The molecule has 0 aromatic rings. The molecule has 1 aliphatic heterocycles. The van der Waals surface area contributed by atoms with Crippen LogP contribution in [0.3, 0.4) is 0 Å². The van der Waals surface area contributed by atoms with Crippen molar-refractivity contribution in [1.82, 2.24) is 10.2 Å². The Bertz CT molecular complexity index is 260. The lowest BCUT2D eigenvalue weighted by Gasteiger charge is -2.41. The number of carbonyl (C=O) groups is 1. The third-order valence-electron chi connectivity index (χ3n) is 3.09. The maximum atomic E-state index is 11.5. The summed E-state index contributed by atoms with van der Waals surface area (Å²) in [5.41, 5.74) is 1.30. The third kappa shape index (κ3) is 1.32. The van der Waals surface area contributed by atoms with Gasteiger partial charge < -0.3 is 10.2 Å². The van der Waals surface area contributed by atoms with Crippen LogP contribution in [0, 0.1) is 0 Å². The van der Waals surface area contributed by atoms with Crippen LogP contribution in [-0.4, -0.2) is 29.9 Å². The van der Waals surface area contributed by atoms with Crippen LogP contribution in [-0.2, 0) is 4.79 Å². The van der Waals surface area contributed by atoms with Crippen molar-refractivity contribution >= 4 is 5.91 Å². The van der Waals surface area contributed by atoms with Crippen molar-refractivity contribution in [3.63, 3.8) is 0 Å². The summed E-state index contributed by atoms with van der Waals surface area (Å²) >= 11 is 0. The Morgan fingerprint density at radius 1 is 1.62 bits per heavy atom. The van der Waals surface area contributed by atoms with E-state index in [1.165, 1.54) is 12.1 Å². The topological polar surface area (TPSA) is 32.3 Å². The van der Waals surface area contributed by atoms with Gasteiger partial charge in [0.05, 0.1) is 6.04 Å². The quantitative estimate of drug-likeness (QED) is 0.600. The Morgan fingerprint density at radius 3 is 3.15 bits per heavy atom. The number of nitrogens with one attached hydrogen (secondary N) is 1. The molecule has 2 aliphatic rings. The molecule has 0 spiro atoms. The molecule has 3 nitrogen and oxygen atoms in total. The Balaban J connectivity index is 2.25. The molecule has 1 amide bonds. The fourth-order valence-corrected chi connectivity index (χ4v) is 2.09. The van der Waals surface area contributed by atoms with Gasteiger partial charge in [-0.25, -0.2) is 0 Å². The molecule has 0 radical (unpaired) electrons. The van der Waals surface area contributed by atoms with Gasteiger partial charge in [-0.3, -0.25) is 4.79 Å². The maximum Gasteiger partial charge on any atom is 0.242 e. The van der Waals surface area contributed by atoms with Crippen molar-refractivity contribution in [3.05, 3.63) is 11.8 Å². The summed E-state index contributed by atoms with van der Waals surface area (Å²) in [5.74, 6) is 0.159. The molecule has 1 N–H and O–H groups in total. The van der Waals surface area contributed by atoms with Crippen LogP contribution >= 0.6 is 0 Å². The zero-order valence-corrected chi connectivity index (χ0v) is 8.21. The number of piperazine rings is 1. The van der Waals surface area contributed by atoms with Crippen LogP contribution in [0.1, 0.15) is 26.2 Å². The van der Waals surface area contributed by atoms with E-state index in [2.05, 4.69) is 16.3 Å². The molecule has 0 saturated carbocycles. The number of likely N-dealkylation sites (N-methyl/N-ethyl adjacent to an activating group) is 1. The first-order valence-electron chi connectivity index (χ1n) is 4.93. The Labute approximate surface area is 78.8 Å². The summed E-state index contributed by atoms with van der Waals surface area (Å²) in [6, 6.07) is 0.267. The van der Waals surface area contributed by atoms with Gasteiger partial charge in [0.25, 0.3) is 0 Å². The van der Waals surface area contributed by atoms with E-state index in [0.29, 0.717) is 0 Å². The number of hydrogen-bond acceptors (Lipinski definition) is 2. The average molecular weight is 180 g/mol. The summed E-state index contributed by atoms with van der Waals surface area (Å²) in [6.07, 6.45) is 5.69. The van der Waals surface area contributed by atoms with E-state index >= 15 is 0 Å². The highest BCUT2D eigenvalue weighted by atomic mass is 16.2. The van der Waals surface area contributed by atoms with Gasteiger partial charge in [0.1, 0.15) is 6.04 Å². The van der Waals surface area contributed by atoms with Crippen molar-refractivity contribution in [2.24, 2.45) is 0 Å². The van der Waals surface area contributed by atoms with Crippen molar-refractivity contribution < 1.29 is 4.79 Å². The molecule has 1 aliphatic carbocycles. The molecule has 0 bridgehead atoms. The predicted octanol–water partition coefficient (Wildman–Crippen LogP) is 0.873. The van der Waals surface area contributed by atoms with Gasteiger partial charge >= 0.3 is 0 Å². The summed E-state index contributed by atoms with van der Waals surface area (Å²) in [5, 5.41) is 3.05. The first kappa shape index (κ1) is 8.60. The molecule has 1 fully saturated rings. The van der Waals surface area contributed by atoms with Crippen LogP contribution in [0.15, 0.2) is 11.8 Å². The monoisotopic (exact) mass is 180 g/mol. The molecule has 1 saturated heterocycles. The summed E-state index contributed by atoms with van der Waals surface area (Å²) in [6.45, 7) is 1.95. The predicted molar refractivity (Wildman–Crippen MR) is 51.1 cm³/mol. The van der Waals surface area contributed by atoms with E-state index < -0.39 is 0 Å². The van der Waals surface area contributed by atoms with Crippen molar-refractivity contribution in [3.8, 4) is 0 Å². The minimum absolute atomic E-state index is 0.0133. The van der Waals surface area contributed by atoms with Crippen LogP contribution < -0.4 is 5.32 Å². The highest BCUT2D eigenvalue weighted by Gasteiger charge is 2.33. The van der Waals surface area contributed by atoms with E-state index in [1.807, 2.05) is 14.0 Å². The Hall–Kier alpha value is -0.990. The van der Waals surface area contributed by atoms with Crippen LogP contribution in [0.4, 0.5) is 0 Å². The van der Waals surface area contributed by atoms with E-state index in [9.17, 15) is 4.79 Å². The second-order valence-electron chi connectivity index (χ2n) is 3.91. The minimum Gasteiger partial charge on any atom is -0.365 e. The summed E-state index contributed by atoms with van der Waals surface area (Å²) in [4.78, 5) is 13.6. The molecule has 72 valence electrons. The molecular weight excluding hydrogens is 164 g/mol. The van der Waals surface area contributed by atoms with E-state index in [1.54, 1.807) is 0 Å². The number of carbonyl (C=O) groups excluding carboxylic acids is 1. The van der Waals surface area contributed by atoms with Crippen molar-refractivity contribution in [2.75, 3.05) is 7.05 Å². The van der Waals surface area contributed by atoms with Crippen LogP contribution in [0.2, 0.25) is 0 Å². The summed E-state index contributed by atoms with van der Waals surface area (Å²) < 4.78 is 0. The zero-order chi connectivity index (χ0) is 9.42. The van der Waals surface area contributed by atoms with Crippen LogP contribution in [0.5, 0.6) is 0 Å². The highest BCUT2D eigenvalue weighted by Crippen LogP contribution is 2.25. The molecule has 13 heavy (non-hydrogen) atoms. The average Bonchev–Trinajstić information content (AvgIpc) is 2.15. The van der Waals surface area contributed by atoms with Gasteiger partial charge in [-0.05, 0) is 26.2 Å². The first-order chi connectivity index (χ1) is 6.20. The second kappa shape index (κ2) is 3.05. The Morgan fingerprint density at radius 2 is 2.38 bits per heavy atom. The smallest absolute Gasteiger partial charge is 0.242 e. The van der Waals surface area contributed by atoms with E-state index in [0.717, 1.165) is 12.8 Å². The van der Waals surface area contributed by atoms with Gasteiger partial charge in [0, 0.05) is 12.7 Å². The fourth-order valence-electron chi connectivity index (χ4n) is 2.09. The van der Waals surface area contributed by atoms with Crippen molar-refractivity contribution in [1.29, 1.82) is 0 Å². The second-order valence-corrected chi connectivity index (χ2v) is 3.91. The number of fused-ring (bicyclic) bond motifs is 1. The standard InChI is InChI=1S/C10H16N2O/c1-7-10(13)11-8-5-3-4-6-9(8)12(7)2/h6-8H,3-5H2,1-2H3,(H,11,13). The third-order valence-corrected chi connectivity index (χ3v) is 3.09. The molecule has 3 heteroatoms. The van der Waals surface area contributed by atoms with Crippen LogP contribution in [0.25, 0.3) is 0 Å². The number of allylic oxidation sites excluding steroid dienone is 1. The molecule has 0 aromatic carbocycles. The molecule has 2 unspecified atom stereocenters. The lowest BCUT2D eigenvalue weighted by Crippen LogP contribution is -2.56. The fraction of sp³-hybridized carbons (Fsp3) is 0.700. The minimum atomic E-state index is -0.0133. The number of hydrogen-bond donors (Lipinski definition) is 1. The van der Waals surface area contributed by atoms with E-state index in [4.69, 9.17) is 0 Å². The highest BCUT2D eigenvalue weighted by molar-refractivity contribution is 5.83. The largest absolute Gasteiger partial charge is 0.365 e. The number of nitrogens with zero attached hydrogens (tertiary/aromatic N) is 1. The molecule has 2 atom stereocenters. The SMILES string of the molecule is CC1C(=O)NC2CCCC=C2N1C. The number of rotatable bonds is 0. The normalized spacial score (nSPS) is 33.5. The van der Waals surface area contributed by atoms with Crippen molar-refractivity contribution in [2.45, 2.75) is 38.3 Å². The van der Waals surface area contributed by atoms with Gasteiger partial charge in [0.15, 0.2) is 0 Å². The Kier molecular flexibility index (Phi) is 2.02. The van der Waals surface area contributed by atoms with Gasteiger partial charge in [-0.15, -0.1) is 0 Å². The number of amides is 1. The van der Waals surface area contributed by atoms with E-state index in [-0.39, 0.29) is 18.0 Å². The molecule has 0 aromatic heterocycles. The zero-order valence-electron chi connectivity index (χ0n) is 8.21. The van der Waals surface area contributed by atoms with Gasteiger partial charge in [0.2, 0.25) is 5.91 Å². The molecule has 2 rings (SSSR count). The van der Waals surface area contributed by atoms with Gasteiger partial charge in [-0.2, -0.15) is 0 Å². The lowest BCUT2D eigenvalue weighted by atomic mass is 9.94. The molecule has 1 heterocycles. The first-order valence-corrected chi connectivity index (χ1v) is 4.93. The lowest BCUT2D eigenvalue weighted by molar-refractivity contribution is -0.127. The molecular formula is C10H16N2O. The summed E-state index contributed by atoms with van der Waals surface area (Å²) in [7, 11) is 2.01. The van der Waals surface area contributed by atoms with Gasteiger partial charge in [-0.1, -0.05) is 6.08 Å². The maximum absolute atomic E-state index is 11.5.